The molecule has 0 fully saturated rings. The number of nitrogens with one attached hydrogen (secondary N) is 1. The van der Waals surface area contributed by atoms with Crippen LogP contribution in [0.25, 0.3) is 11.1 Å². The fraction of sp³-hybridized carbons (Fsp3) is 0.200. The Hall–Kier alpha value is -3.67. The lowest BCUT2D eigenvalue weighted by molar-refractivity contribution is -0.137. The number of carbonyl (C=O) groups is 2. The first-order valence-electron chi connectivity index (χ1n) is 10.1. The molecule has 1 amide bonds. The zero-order valence-electron chi connectivity index (χ0n) is 16.8. The normalized spacial score (nSPS) is 13.2. The highest BCUT2D eigenvalue weighted by molar-refractivity contribution is 5.79. The average molecular weight is 419 g/mol. The first-order valence-corrected chi connectivity index (χ1v) is 10.1. The number of hydrogen-bond acceptors (Lipinski definition) is 3. The minimum atomic E-state index is -1.08. The van der Waals surface area contributed by atoms with E-state index in [1.165, 1.54) is 6.07 Å². The van der Waals surface area contributed by atoms with Crippen molar-refractivity contribution in [2.75, 3.05) is 6.61 Å². The van der Waals surface area contributed by atoms with E-state index in [0.717, 1.165) is 22.3 Å². The van der Waals surface area contributed by atoms with Crippen molar-refractivity contribution >= 4 is 12.1 Å². The van der Waals surface area contributed by atoms with Crippen molar-refractivity contribution < 1.29 is 23.8 Å². The number of carboxylic acid groups (broad SMARTS) is 1. The number of rotatable bonds is 7. The van der Waals surface area contributed by atoms with Gasteiger partial charge in [-0.3, -0.25) is 4.79 Å². The van der Waals surface area contributed by atoms with Crippen molar-refractivity contribution in [2.45, 2.75) is 24.8 Å². The molecule has 0 saturated heterocycles. The second kappa shape index (κ2) is 9.00. The van der Waals surface area contributed by atoms with Crippen LogP contribution in [0.1, 0.15) is 29.0 Å². The molecule has 31 heavy (non-hydrogen) atoms. The van der Waals surface area contributed by atoms with Gasteiger partial charge in [-0.05, 0) is 40.3 Å². The molecule has 2 N–H and O–H groups in total. The quantitative estimate of drug-likeness (QED) is 0.580. The van der Waals surface area contributed by atoms with Crippen molar-refractivity contribution in [3.05, 3.63) is 95.3 Å². The van der Waals surface area contributed by atoms with Crippen molar-refractivity contribution in [1.82, 2.24) is 5.32 Å². The molecular formula is C25H22FNO4. The Morgan fingerprint density at radius 2 is 1.52 bits per heavy atom. The van der Waals surface area contributed by atoms with E-state index in [2.05, 4.69) is 5.32 Å². The molecule has 0 spiro atoms. The van der Waals surface area contributed by atoms with Crippen LogP contribution in [0.4, 0.5) is 9.18 Å². The molecule has 158 valence electrons. The predicted octanol–water partition coefficient (Wildman–Crippen LogP) is 4.75. The Balaban J connectivity index is 1.44. The van der Waals surface area contributed by atoms with E-state index in [1.807, 2.05) is 48.5 Å². The number of carboxylic acids is 1. The van der Waals surface area contributed by atoms with Gasteiger partial charge in [-0.25, -0.2) is 9.18 Å². The summed E-state index contributed by atoms with van der Waals surface area (Å²) in [4.78, 5) is 23.7. The zero-order valence-corrected chi connectivity index (χ0v) is 16.8. The van der Waals surface area contributed by atoms with Crippen molar-refractivity contribution in [2.24, 2.45) is 0 Å². The Kier molecular flexibility index (Phi) is 5.98. The molecule has 0 saturated carbocycles. The van der Waals surface area contributed by atoms with Gasteiger partial charge in [-0.2, -0.15) is 0 Å². The lowest BCUT2D eigenvalue weighted by Crippen LogP contribution is -2.39. The topological polar surface area (TPSA) is 75.6 Å². The summed E-state index contributed by atoms with van der Waals surface area (Å²) in [5, 5.41) is 11.8. The first-order chi connectivity index (χ1) is 15.0. The number of halogens is 1. The van der Waals surface area contributed by atoms with Gasteiger partial charge in [0.25, 0.3) is 0 Å². The van der Waals surface area contributed by atoms with Crippen molar-refractivity contribution in [3.63, 3.8) is 0 Å². The molecule has 1 aliphatic rings. The van der Waals surface area contributed by atoms with Gasteiger partial charge in [-0.1, -0.05) is 66.7 Å². The van der Waals surface area contributed by atoms with Gasteiger partial charge >= 0.3 is 12.1 Å². The SMILES string of the molecule is O=C(O)CC(Cc1ccccc1F)NC(=O)OCC1c2ccccc2-c2ccccc21. The number of ether oxygens (including phenoxy) is 1. The average Bonchev–Trinajstić information content (AvgIpc) is 3.07. The maximum absolute atomic E-state index is 14.0. The van der Waals surface area contributed by atoms with E-state index in [1.54, 1.807) is 18.2 Å². The number of alkyl carbamates (subject to hydrolysis) is 1. The third kappa shape index (κ3) is 4.58. The summed E-state index contributed by atoms with van der Waals surface area (Å²) in [6.07, 6.45) is -0.994. The Morgan fingerprint density at radius 3 is 2.13 bits per heavy atom. The van der Waals surface area contributed by atoms with Crippen LogP contribution in [-0.4, -0.2) is 29.8 Å². The summed E-state index contributed by atoms with van der Waals surface area (Å²) in [5.74, 6) is -1.62. The largest absolute Gasteiger partial charge is 0.481 e. The first kappa shape index (κ1) is 20.6. The molecular weight excluding hydrogens is 397 g/mol. The van der Waals surface area contributed by atoms with Crippen LogP contribution < -0.4 is 5.32 Å². The molecule has 0 bridgehead atoms. The Labute approximate surface area is 179 Å². The van der Waals surface area contributed by atoms with Crippen LogP contribution in [0.2, 0.25) is 0 Å². The third-order valence-corrected chi connectivity index (χ3v) is 5.51. The highest BCUT2D eigenvalue weighted by atomic mass is 19.1. The number of aliphatic carboxylic acids is 1. The molecule has 1 unspecified atom stereocenters. The molecule has 1 aliphatic carbocycles. The van der Waals surface area contributed by atoms with Gasteiger partial charge in [0.15, 0.2) is 0 Å². The van der Waals surface area contributed by atoms with E-state index < -0.39 is 23.9 Å². The van der Waals surface area contributed by atoms with Crippen LogP contribution in [0.5, 0.6) is 0 Å². The van der Waals surface area contributed by atoms with Crippen molar-refractivity contribution in [1.29, 1.82) is 0 Å². The number of benzene rings is 3. The molecule has 0 aliphatic heterocycles. The van der Waals surface area contributed by atoms with E-state index in [4.69, 9.17) is 4.74 Å². The summed E-state index contributed by atoms with van der Waals surface area (Å²) in [7, 11) is 0. The number of amides is 1. The summed E-state index contributed by atoms with van der Waals surface area (Å²) < 4.78 is 19.5. The van der Waals surface area contributed by atoms with Crippen LogP contribution in [0.15, 0.2) is 72.8 Å². The van der Waals surface area contributed by atoms with E-state index >= 15 is 0 Å². The predicted molar refractivity (Wildman–Crippen MR) is 114 cm³/mol. The second-order valence-corrected chi connectivity index (χ2v) is 7.56. The number of fused-ring (bicyclic) bond motifs is 3. The lowest BCUT2D eigenvalue weighted by Gasteiger charge is -2.19. The minimum absolute atomic E-state index is 0.0587. The highest BCUT2D eigenvalue weighted by Crippen LogP contribution is 2.44. The lowest BCUT2D eigenvalue weighted by atomic mass is 9.98. The van der Waals surface area contributed by atoms with Crippen LogP contribution in [0.3, 0.4) is 0 Å². The maximum Gasteiger partial charge on any atom is 0.407 e. The highest BCUT2D eigenvalue weighted by Gasteiger charge is 2.29. The van der Waals surface area contributed by atoms with Crippen molar-refractivity contribution in [3.8, 4) is 11.1 Å². The van der Waals surface area contributed by atoms with E-state index in [-0.39, 0.29) is 25.4 Å². The monoisotopic (exact) mass is 419 g/mol. The fourth-order valence-corrected chi connectivity index (χ4v) is 4.12. The van der Waals surface area contributed by atoms with Gasteiger partial charge in [0, 0.05) is 12.0 Å². The number of hydrogen-bond donors (Lipinski definition) is 2. The molecule has 6 heteroatoms. The molecule has 0 radical (unpaired) electrons. The van der Waals surface area contributed by atoms with E-state index in [0.29, 0.717) is 5.56 Å². The van der Waals surface area contributed by atoms with Crippen LogP contribution in [-0.2, 0) is 16.0 Å². The number of carbonyl (C=O) groups excluding carboxylic acids is 1. The second-order valence-electron chi connectivity index (χ2n) is 7.56. The van der Waals surface area contributed by atoms with Crippen LogP contribution in [0, 0.1) is 5.82 Å². The van der Waals surface area contributed by atoms with Crippen LogP contribution >= 0.6 is 0 Å². The third-order valence-electron chi connectivity index (χ3n) is 5.51. The van der Waals surface area contributed by atoms with Gasteiger partial charge in [0.05, 0.1) is 6.42 Å². The van der Waals surface area contributed by atoms with E-state index in [9.17, 15) is 19.1 Å². The van der Waals surface area contributed by atoms with Gasteiger partial charge < -0.3 is 15.2 Å². The summed E-state index contributed by atoms with van der Waals surface area (Å²) in [6, 6.07) is 21.3. The van der Waals surface area contributed by atoms with Gasteiger partial charge in [0.1, 0.15) is 12.4 Å². The standard InChI is InChI=1S/C25H22FNO4/c26-23-12-6-1-7-16(23)13-17(14-24(28)29)27-25(30)31-15-22-20-10-4-2-8-18(20)19-9-3-5-11-21(19)22/h1-12,17,22H,13-15H2,(H,27,30)(H,28,29). The molecule has 1 atom stereocenters. The molecule has 3 aromatic carbocycles. The zero-order chi connectivity index (χ0) is 21.8. The minimum Gasteiger partial charge on any atom is -0.481 e. The molecule has 3 aromatic rings. The molecule has 5 nitrogen and oxygen atoms in total. The molecule has 0 heterocycles. The maximum atomic E-state index is 14.0. The summed E-state index contributed by atoms with van der Waals surface area (Å²) in [6.45, 7) is 0.124. The molecule has 0 aromatic heterocycles. The molecule has 4 rings (SSSR count). The smallest absolute Gasteiger partial charge is 0.407 e. The fourth-order valence-electron chi connectivity index (χ4n) is 4.12. The Bertz CT molecular complexity index is 1070. The summed E-state index contributed by atoms with van der Waals surface area (Å²) in [5.41, 5.74) is 4.76. The van der Waals surface area contributed by atoms with Gasteiger partial charge in [0.2, 0.25) is 0 Å². The summed E-state index contributed by atoms with van der Waals surface area (Å²) >= 11 is 0. The van der Waals surface area contributed by atoms with Gasteiger partial charge in [-0.15, -0.1) is 0 Å². The Morgan fingerprint density at radius 1 is 0.935 bits per heavy atom.